The average Bonchev–Trinajstić information content (AvgIpc) is 2.69. The summed E-state index contributed by atoms with van der Waals surface area (Å²) in [5.41, 5.74) is -0.147. The van der Waals surface area contributed by atoms with Gasteiger partial charge in [-0.15, -0.1) is 0 Å². The molecule has 1 aliphatic rings. The van der Waals surface area contributed by atoms with Gasteiger partial charge in [0.25, 0.3) is 0 Å². The molecule has 1 atom stereocenters. The molecule has 1 aromatic rings. The molecule has 1 saturated heterocycles. The summed E-state index contributed by atoms with van der Waals surface area (Å²) >= 11 is 0. The molecule has 1 aliphatic heterocycles. The molecule has 17 heavy (non-hydrogen) atoms. The van der Waals surface area contributed by atoms with Gasteiger partial charge in [-0.1, -0.05) is 6.07 Å². The quantitative estimate of drug-likeness (QED) is 0.639. The van der Waals surface area contributed by atoms with Crippen molar-refractivity contribution in [2.45, 2.75) is 18.8 Å². The second kappa shape index (κ2) is 4.52. The summed E-state index contributed by atoms with van der Waals surface area (Å²) < 4.78 is 51.9. The molecule has 1 N–H and O–H groups in total. The predicted octanol–water partition coefficient (Wildman–Crippen LogP) is 2.51. The van der Waals surface area contributed by atoms with Crippen molar-refractivity contribution in [1.82, 2.24) is 5.32 Å². The maximum absolute atomic E-state index is 13.0. The van der Waals surface area contributed by atoms with Crippen molar-refractivity contribution < 1.29 is 17.6 Å². The fraction of sp³-hybridized carbons (Fsp3) is 0.455. The number of rotatable bonds is 2. The minimum atomic E-state index is -4.50. The van der Waals surface area contributed by atoms with Gasteiger partial charge < -0.3 is 5.32 Å². The monoisotopic (exact) mass is 248 g/mol. The minimum Gasteiger partial charge on any atom is -0.315 e. The van der Waals surface area contributed by atoms with Gasteiger partial charge in [-0.25, -0.2) is 4.39 Å². The van der Waals surface area contributed by atoms with Crippen molar-refractivity contribution in [3.05, 3.63) is 30.1 Å². The predicted molar refractivity (Wildman–Crippen MR) is 56.2 cm³/mol. The molecular formula is C11H12F4N2. The molecule has 1 fully saturated rings. The lowest BCUT2D eigenvalue weighted by atomic mass is 10.2. The highest BCUT2D eigenvalue weighted by atomic mass is 19.4. The highest BCUT2D eigenvalue weighted by molar-refractivity contribution is 5.48. The maximum atomic E-state index is 13.0. The second-order valence-electron chi connectivity index (χ2n) is 3.96. The molecule has 6 heteroatoms. The van der Waals surface area contributed by atoms with Gasteiger partial charge in [0.1, 0.15) is 5.82 Å². The summed E-state index contributed by atoms with van der Waals surface area (Å²) in [5, 5.41) is 2.87. The zero-order chi connectivity index (χ0) is 12.5. The Morgan fingerprint density at radius 2 is 2.06 bits per heavy atom. The first kappa shape index (κ1) is 12.2. The zero-order valence-electron chi connectivity index (χ0n) is 8.97. The molecule has 0 aromatic heterocycles. The van der Waals surface area contributed by atoms with Crippen LogP contribution < -0.4 is 10.2 Å². The molecular weight excluding hydrogens is 236 g/mol. The first-order chi connectivity index (χ1) is 7.98. The fourth-order valence-corrected chi connectivity index (χ4v) is 2.05. The van der Waals surface area contributed by atoms with Crippen molar-refractivity contribution in [1.29, 1.82) is 0 Å². The van der Waals surface area contributed by atoms with E-state index >= 15 is 0 Å². The van der Waals surface area contributed by atoms with Crippen LogP contribution in [0.5, 0.6) is 0 Å². The van der Waals surface area contributed by atoms with E-state index in [1.54, 1.807) is 0 Å². The maximum Gasteiger partial charge on any atom is 0.485 e. The standard InChI is InChI=1S/C11H12F4N2/c12-8-2-1-3-9(6-8)17(11(13,14)15)10-4-5-16-7-10/h1-3,6,10,16H,4-5,7H2. The van der Waals surface area contributed by atoms with Crippen LogP contribution in [0.3, 0.4) is 0 Å². The first-order valence-corrected chi connectivity index (χ1v) is 5.31. The third-order valence-corrected chi connectivity index (χ3v) is 2.76. The van der Waals surface area contributed by atoms with Crippen molar-refractivity contribution in [2.75, 3.05) is 18.0 Å². The summed E-state index contributed by atoms with van der Waals surface area (Å²) in [5.74, 6) is -0.664. The smallest absolute Gasteiger partial charge is 0.315 e. The number of anilines is 1. The molecule has 1 unspecified atom stereocenters. The van der Waals surface area contributed by atoms with Gasteiger partial charge in [0.2, 0.25) is 0 Å². The van der Waals surface area contributed by atoms with Crippen molar-refractivity contribution in [3.8, 4) is 0 Å². The highest BCUT2D eigenvalue weighted by Crippen LogP contribution is 2.32. The summed E-state index contributed by atoms with van der Waals surface area (Å²) in [7, 11) is 0. The van der Waals surface area contributed by atoms with Gasteiger partial charge in [-0.2, -0.15) is 13.2 Å². The van der Waals surface area contributed by atoms with Crippen LogP contribution in [0.4, 0.5) is 23.2 Å². The van der Waals surface area contributed by atoms with E-state index in [0.29, 0.717) is 17.9 Å². The van der Waals surface area contributed by atoms with E-state index in [1.165, 1.54) is 12.1 Å². The van der Waals surface area contributed by atoms with Gasteiger partial charge in [-0.3, -0.25) is 4.90 Å². The number of halogens is 4. The van der Waals surface area contributed by atoms with E-state index in [0.717, 1.165) is 12.1 Å². The Morgan fingerprint density at radius 3 is 2.59 bits per heavy atom. The normalized spacial score (nSPS) is 20.6. The van der Waals surface area contributed by atoms with E-state index in [2.05, 4.69) is 5.32 Å². The van der Waals surface area contributed by atoms with Gasteiger partial charge in [-0.05, 0) is 31.2 Å². The van der Waals surface area contributed by atoms with E-state index in [4.69, 9.17) is 0 Å². The van der Waals surface area contributed by atoms with Crippen LogP contribution >= 0.6 is 0 Å². The van der Waals surface area contributed by atoms with Gasteiger partial charge in [0.15, 0.2) is 0 Å². The minimum absolute atomic E-state index is 0.147. The highest BCUT2D eigenvalue weighted by Gasteiger charge is 2.43. The van der Waals surface area contributed by atoms with Gasteiger partial charge in [0.05, 0.1) is 6.04 Å². The van der Waals surface area contributed by atoms with Crippen LogP contribution in [0.15, 0.2) is 24.3 Å². The van der Waals surface area contributed by atoms with Crippen LogP contribution in [0, 0.1) is 5.82 Å². The Labute approximate surface area is 96.2 Å². The largest absolute Gasteiger partial charge is 0.485 e. The third kappa shape index (κ3) is 2.69. The lowest BCUT2D eigenvalue weighted by Crippen LogP contribution is -2.47. The third-order valence-electron chi connectivity index (χ3n) is 2.76. The topological polar surface area (TPSA) is 15.3 Å². The molecule has 0 radical (unpaired) electrons. The summed E-state index contributed by atoms with van der Waals surface area (Å²) in [6.07, 6.45) is -4.10. The van der Waals surface area contributed by atoms with Crippen molar-refractivity contribution in [3.63, 3.8) is 0 Å². The molecule has 2 rings (SSSR count). The number of nitrogens with zero attached hydrogens (tertiary/aromatic N) is 1. The molecule has 0 amide bonds. The number of benzene rings is 1. The number of alkyl halides is 3. The first-order valence-electron chi connectivity index (χ1n) is 5.31. The second-order valence-corrected chi connectivity index (χ2v) is 3.96. The molecule has 94 valence electrons. The van der Waals surface area contributed by atoms with E-state index in [1.807, 2.05) is 0 Å². The molecule has 0 aliphatic carbocycles. The van der Waals surface area contributed by atoms with Crippen LogP contribution in [0.25, 0.3) is 0 Å². The Balaban J connectivity index is 2.33. The fourth-order valence-electron chi connectivity index (χ4n) is 2.05. The van der Waals surface area contributed by atoms with E-state index in [-0.39, 0.29) is 12.2 Å². The molecule has 0 saturated carbocycles. The zero-order valence-corrected chi connectivity index (χ0v) is 8.97. The Hall–Kier alpha value is -1.30. The number of hydrogen-bond donors (Lipinski definition) is 1. The van der Waals surface area contributed by atoms with Crippen LogP contribution in [-0.4, -0.2) is 25.4 Å². The van der Waals surface area contributed by atoms with Gasteiger partial charge >= 0.3 is 6.30 Å². The number of nitrogens with one attached hydrogen (secondary N) is 1. The van der Waals surface area contributed by atoms with Crippen molar-refractivity contribution >= 4 is 5.69 Å². The Morgan fingerprint density at radius 1 is 1.29 bits per heavy atom. The lowest BCUT2D eigenvalue weighted by Gasteiger charge is -2.32. The van der Waals surface area contributed by atoms with Crippen LogP contribution in [0.2, 0.25) is 0 Å². The molecule has 0 spiro atoms. The van der Waals surface area contributed by atoms with Crippen molar-refractivity contribution in [2.24, 2.45) is 0 Å². The lowest BCUT2D eigenvalue weighted by molar-refractivity contribution is -0.134. The SMILES string of the molecule is Fc1cccc(N(C2CCNC2)C(F)(F)F)c1. The number of hydrogen-bond acceptors (Lipinski definition) is 2. The molecule has 1 heterocycles. The van der Waals surface area contributed by atoms with E-state index in [9.17, 15) is 17.6 Å². The van der Waals surface area contributed by atoms with E-state index < -0.39 is 18.2 Å². The summed E-state index contributed by atoms with van der Waals surface area (Å²) in [6, 6.07) is 3.93. The van der Waals surface area contributed by atoms with Crippen LogP contribution in [-0.2, 0) is 0 Å². The van der Waals surface area contributed by atoms with Gasteiger partial charge in [0, 0.05) is 12.2 Å². The Bertz CT molecular complexity index is 385. The summed E-state index contributed by atoms with van der Waals surface area (Å²) in [4.78, 5) is 0.329. The summed E-state index contributed by atoms with van der Waals surface area (Å²) in [6.45, 7) is 0.808. The molecule has 2 nitrogen and oxygen atoms in total. The molecule has 0 bridgehead atoms. The Kier molecular flexibility index (Phi) is 3.24. The molecule has 1 aromatic carbocycles. The average molecular weight is 248 g/mol. The van der Waals surface area contributed by atoms with Crippen LogP contribution in [0.1, 0.15) is 6.42 Å².